The van der Waals surface area contributed by atoms with Crippen LogP contribution in [0.3, 0.4) is 0 Å². The Kier molecular flexibility index (Phi) is 2.02. The summed E-state index contributed by atoms with van der Waals surface area (Å²) in [4.78, 5) is 4.14. The predicted molar refractivity (Wildman–Crippen MR) is 58.5 cm³/mol. The van der Waals surface area contributed by atoms with Crippen LogP contribution in [0.15, 0.2) is 24.5 Å². The van der Waals surface area contributed by atoms with Gasteiger partial charge in [-0.15, -0.1) is 0 Å². The molecule has 0 bridgehead atoms. The van der Waals surface area contributed by atoms with Gasteiger partial charge in [-0.1, -0.05) is 0 Å². The first-order valence-corrected chi connectivity index (χ1v) is 5.41. The molecule has 0 atom stereocenters. The average Bonchev–Trinajstić information content (AvgIpc) is 2.74. The van der Waals surface area contributed by atoms with Gasteiger partial charge >= 0.3 is 0 Å². The lowest BCUT2D eigenvalue weighted by Gasteiger charge is -2.10. The third-order valence-corrected chi connectivity index (χ3v) is 2.99. The van der Waals surface area contributed by atoms with Crippen LogP contribution in [-0.4, -0.2) is 15.2 Å². The van der Waals surface area contributed by atoms with E-state index in [9.17, 15) is 0 Å². The van der Waals surface area contributed by atoms with Crippen molar-refractivity contribution in [2.24, 2.45) is 0 Å². The lowest BCUT2D eigenvalue weighted by atomic mass is 9.94. The quantitative estimate of drug-likeness (QED) is 0.766. The Morgan fingerprint density at radius 1 is 1.20 bits per heavy atom. The molecule has 76 valence electrons. The molecule has 3 nitrogen and oxygen atoms in total. The maximum Gasteiger partial charge on any atom is 0.0970 e. The molecule has 0 spiro atoms. The van der Waals surface area contributed by atoms with Crippen molar-refractivity contribution in [3.05, 3.63) is 35.8 Å². The van der Waals surface area contributed by atoms with Crippen LogP contribution in [0, 0.1) is 0 Å². The van der Waals surface area contributed by atoms with Crippen molar-refractivity contribution in [1.29, 1.82) is 0 Å². The molecule has 0 aliphatic heterocycles. The molecule has 0 saturated heterocycles. The zero-order valence-electron chi connectivity index (χ0n) is 8.53. The first-order valence-electron chi connectivity index (χ1n) is 5.41. The molecular formula is C12H13N3. The summed E-state index contributed by atoms with van der Waals surface area (Å²) in [6, 6.07) is 4.03. The molecule has 0 radical (unpaired) electrons. The van der Waals surface area contributed by atoms with Gasteiger partial charge in [-0.2, -0.15) is 5.10 Å². The number of aromatic nitrogens is 3. The Morgan fingerprint density at radius 3 is 3.00 bits per heavy atom. The fourth-order valence-corrected chi connectivity index (χ4v) is 2.22. The molecule has 1 aliphatic carbocycles. The van der Waals surface area contributed by atoms with Crippen molar-refractivity contribution < 1.29 is 0 Å². The van der Waals surface area contributed by atoms with Crippen LogP contribution in [0.4, 0.5) is 0 Å². The summed E-state index contributed by atoms with van der Waals surface area (Å²) >= 11 is 0. The minimum Gasteiger partial charge on any atom is -0.282 e. The third kappa shape index (κ3) is 1.44. The number of pyridine rings is 1. The molecule has 2 aromatic heterocycles. The monoisotopic (exact) mass is 199 g/mol. The standard InChI is InChI=1S/C12H13N3/c1-2-6-11-10(5-1)12(15-14-11)9-4-3-7-13-8-9/h3-4,7-8H,1-2,5-6H2,(H,14,15). The van der Waals surface area contributed by atoms with Crippen molar-refractivity contribution in [3.8, 4) is 11.3 Å². The average molecular weight is 199 g/mol. The summed E-state index contributed by atoms with van der Waals surface area (Å²) < 4.78 is 0. The molecule has 0 aromatic carbocycles. The number of rotatable bonds is 1. The molecule has 2 heterocycles. The molecule has 2 aromatic rings. The zero-order chi connectivity index (χ0) is 10.1. The Morgan fingerprint density at radius 2 is 2.13 bits per heavy atom. The van der Waals surface area contributed by atoms with E-state index in [0.717, 1.165) is 24.1 Å². The number of nitrogens with one attached hydrogen (secondary N) is 1. The lowest BCUT2D eigenvalue weighted by molar-refractivity contribution is 0.675. The van der Waals surface area contributed by atoms with Gasteiger partial charge in [0.1, 0.15) is 0 Å². The lowest BCUT2D eigenvalue weighted by Crippen LogP contribution is -2.01. The number of nitrogens with zero attached hydrogens (tertiary/aromatic N) is 2. The van der Waals surface area contributed by atoms with Crippen molar-refractivity contribution in [1.82, 2.24) is 15.2 Å². The predicted octanol–water partition coefficient (Wildman–Crippen LogP) is 2.35. The normalized spacial score (nSPS) is 14.9. The number of hydrogen-bond acceptors (Lipinski definition) is 2. The Balaban J connectivity index is 2.09. The zero-order valence-corrected chi connectivity index (χ0v) is 8.53. The molecule has 1 N–H and O–H groups in total. The Bertz CT molecular complexity index is 459. The van der Waals surface area contributed by atoms with E-state index >= 15 is 0 Å². The van der Waals surface area contributed by atoms with Gasteiger partial charge in [0, 0.05) is 29.2 Å². The van der Waals surface area contributed by atoms with Gasteiger partial charge < -0.3 is 0 Å². The topological polar surface area (TPSA) is 41.6 Å². The van der Waals surface area contributed by atoms with E-state index in [-0.39, 0.29) is 0 Å². The fraction of sp³-hybridized carbons (Fsp3) is 0.333. The van der Waals surface area contributed by atoms with Crippen LogP contribution in [0.25, 0.3) is 11.3 Å². The number of hydrogen-bond donors (Lipinski definition) is 1. The van der Waals surface area contributed by atoms with E-state index in [2.05, 4.69) is 21.2 Å². The molecular weight excluding hydrogens is 186 g/mol. The van der Waals surface area contributed by atoms with Gasteiger partial charge in [0.2, 0.25) is 0 Å². The highest BCUT2D eigenvalue weighted by molar-refractivity contribution is 5.63. The van der Waals surface area contributed by atoms with E-state index in [1.807, 2.05) is 12.3 Å². The second-order valence-electron chi connectivity index (χ2n) is 3.98. The van der Waals surface area contributed by atoms with Crippen molar-refractivity contribution in [2.45, 2.75) is 25.7 Å². The Hall–Kier alpha value is -1.64. The molecule has 0 saturated carbocycles. The maximum absolute atomic E-state index is 4.40. The summed E-state index contributed by atoms with van der Waals surface area (Å²) in [5.41, 5.74) is 4.93. The van der Waals surface area contributed by atoms with Crippen molar-refractivity contribution >= 4 is 0 Å². The molecule has 3 rings (SSSR count). The smallest absolute Gasteiger partial charge is 0.0970 e. The van der Waals surface area contributed by atoms with Crippen molar-refractivity contribution in [2.75, 3.05) is 0 Å². The van der Waals surface area contributed by atoms with Gasteiger partial charge in [-0.05, 0) is 37.8 Å². The highest BCUT2D eigenvalue weighted by Crippen LogP contribution is 2.28. The van der Waals surface area contributed by atoms with E-state index < -0.39 is 0 Å². The summed E-state index contributed by atoms with van der Waals surface area (Å²) in [5.74, 6) is 0. The first-order chi connectivity index (χ1) is 7.45. The van der Waals surface area contributed by atoms with Gasteiger partial charge in [0.15, 0.2) is 0 Å². The molecule has 0 unspecified atom stereocenters. The Labute approximate surface area is 88.6 Å². The molecule has 0 amide bonds. The summed E-state index contributed by atoms with van der Waals surface area (Å²) in [7, 11) is 0. The van der Waals surface area contributed by atoms with E-state index in [4.69, 9.17) is 0 Å². The van der Waals surface area contributed by atoms with Crippen LogP contribution in [-0.2, 0) is 12.8 Å². The summed E-state index contributed by atoms with van der Waals surface area (Å²) in [6.07, 6.45) is 8.52. The second kappa shape index (κ2) is 3.50. The van der Waals surface area contributed by atoms with Crippen LogP contribution >= 0.6 is 0 Å². The number of aromatic amines is 1. The largest absolute Gasteiger partial charge is 0.282 e. The van der Waals surface area contributed by atoms with Gasteiger partial charge in [0.25, 0.3) is 0 Å². The summed E-state index contributed by atoms with van der Waals surface area (Å²) in [5, 5.41) is 7.55. The highest BCUT2D eigenvalue weighted by Gasteiger charge is 2.17. The van der Waals surface area contributed by atoms with Gasteiger partial charge in [0.05, 0.1) is 5.69 Å². The number of H-pyrrole nitrogens is 1. The van der Waals surface area contributed by atoms with E-state index in [1.54, 1.807) is 6.20 Å². The van der Waals surface area contributed by atoms with Gasteiger partial charge in [-0.25, -0.2) is 0 Å². The molecule has 1 aliphatic rings. The molecule has 3 heteroatoms. The third-order valence-electron chi connectivity index (χ3n) is 2.99. The first kappa shape index (κ1) is 8.65. The summed E-state index contributed by atoms with van der Waals surface area (Å²) in [6.45, 7) is 0. The van der Waals surface area contributed by atoms with Crippen LogP contribution in [0.5, 0.6) is 0 Å². The minimum absolute atomic E-state index is 1.10. The molecule has 15 heavy (non-hydrogen) atoms. The second-order valence-corrected chi connectivity index (χ2v) is 3.98. The fourth-order valence-electron chi connectivity index (χ4n) is 2.22. The SMILES string of the molecule is c1cncc(-c2n[nH]c3c2CCCC3)c1. The minimum atomic E-state index is 1.10. The number of fused-ring (bicyclic) bond motifs is 1. The van der Waals surface area contributed by atoms with E-state index in [1.165, 1.54) is 24.1 Å². The van der Waals surface area contributed by atoms with Crippen LogP contribution in [0.2, 0.25) is 0 Å². The van der Waals surface area contributed by atoms with Gasteiger partial charge in [-0.3, -0.25) is 10.1 Å². The highest BCUT2D eigenvalue weighted by atomic mass is 15.1. The van der Waals surface area contributed by atoms with Crippen LogP contribution < -0.4 is 0 Å². The number of aryl methyl sites for hydroxylation is 1. The van der Waals surface area contributed by atoms with E-state index in [0.29, 0.717) is 0 Å². The maximum atomic E-state index is 4.40. The molecule has 0 fully saturated rings. The van der Waals surface area contributed by atoms with Crippen molar-refractivity contribution in [3.63, 3.8) is 0 Å². The van der Waals surface area contributed by atoms with Crippen LogP contribution in [0.1, 0.15) is 24.1 Å².